The largest absolute Gasteiger partial charge is 0.394 e. The average Bonchev–Trinajstić information content (AvgIpc) is 2.59. The fourth-order valence-electron chi connectivity index (χ4n) is 1.39. The van der Waals surface area contributed by atoms with Crippen molar-refractivity contribution < 1.29 is 0 Å². The zero-order chi connectivity index (χ0) is 10.3. The highest BCUT2D eigenvalue weighted by Crippen LogP contribution is 2.17. The van der Waals surface area contributed by atoms with Crippen molar-refractivity contribution in [2.75, 3.05) is 5.73 Å². The summed E-state index contributed by atoms with van der Waals surface area (Å²) in [5.41, 5.74) is 8.54. The van der Waals surface area contributed by atoms with E-state index in [1.54, 1.807) is 17.2 Å². The van der Waals surface area contributed by atoms with E-state index in [0.717, 1.165) is 17.2 Å². The lowest BCUT2D eigenvalue weighted by molar-refractivity contribution is 0.748. The predicted octanol–water partition coefficient (Wildman–Crippen LogP) is 0.805. The second-order valence-corrected chi connectivity index (χ2v) is 3.37. The van der Waals surface area contributed by atoms with E-state index >= 15 is 0 Å². The molecule has 2 heterocycles. The highest BCUT2D eigenvalue weighted by atomic mass is 15.3. The van der Waals surface area contributed by atoms with Crippen LogP contribution < -0.4 is 5.73 Å². The minimum Gasteiger partial charge on any atom is -0.394 e. The predicted molar refractivity (Wildman–Crippen MR) is 54.2 cm³/mol. The van der Waals surface area contributed by atoms with E-state index < -0.39 is 0 Å². The van der Waals surface area contributed by atoms with Gasteiger partial charge in [0.2, 0.25) is 0 Å². The van der Waals surface area contributed by atoms with Gasteiger partial charge in [-0.15, -0.1) is 0 Å². The fraction of sp³-hybridized carbons (Fsp3) is 0.333. The maximum Gasteiger partial charge on any atom is 0.183 e. The van der Waals surface area contributed by atoms with Gasteiger partial charge in [-0.25, -0.2) is 4.98 Å². The van der Waals surface area contributed by atoms with E-state index in [9.17, 15) is 0 Å². The Hall–Kier alpha value is -1.78. The molecule has 0 atom stereocenters. The first kappa shape index (κ1) is 8.80. The number of aryl methyl sites for hydroxylation is 2. The van der Waals surface area contributed by atoms with Crippen LogP contribution in [-0.4, -0.2) is 19.3 Å². The summed E-state index contributed by atoms with van der Waals surface area (Å²) in [5.74, 6) is 0.741. The van der Waals surface area contributed by atoms with Crippen molar-refractivity contribution in [3.8, 4) is 5.82 Å². The van der Waals surface area contributed by atoms with Crippen molar-refractivity contribution in [1.29, 1.82) is 0 Å². The standard InChI is InChI=1S/C9H13N5/c1-6-7(2)14(5-11-6)9-8(10)4-13(3)12-9/h4-5H,10H2,1-3H3. The summed E-state index contributed by atoms with van der Waals surface area (Å²) in [4.78, 5) is 4.20. The van der Waals surface area contributed by atoms with Gasteiger partial charge in [-0.2, -0.15) is 5.10 Å². The fourth-order valence-corrected chi connectivity index (χ4v) is 1.39. The van der Waals surface area contributed by atoms with Crippen LogP contribution >= 0.6 is 0 Å². The van der Waals surface area contributed by atoms with Crippen LogP contribution in [0.4, 0.5) is 5.69 Å². The van der Waals surface area contributed by atoms with Crippen molar-refractivity contribution in [3.63, 3.8) is 0 Å². The lowest BCUT2D eigenvalue weighted by Crippen LogP contribution is -2.00. The third-order valence-corrected chi connectivity index (χ3v) is 2.32. The van der Waals surface area contributed by atoms with Gasteiger partial charge in [0, 0.05) is 18.9 Å². The van der Waals surface area contributed by atoms with E-state index in [0.29, 0.717) is 5.69 Å². The number of aromatic nitrogens is 4. The van der Waals surface area contributed by atoms with Gasteiger partial charge in [-0.3, -0.25) is 9.25 Å². The Labute approximate surface area is 82.2 Å². The molecule has 2 rings (SSSR count). The molecule has 0 radical (unpaired) electrons. The van der Waals surface area contributed by atoms with Crippen molar-refractivity contribution in [3.05, 3.63) is 23.9 Å². The second kappa shape index (κ2) is 2.87. The molecule has 0 bridgehead atoms. The molecule has 0 aliphatic heterocycles. The van der Waals surface area contributed by atoms with Gasteiger partial charge >= 0.3 is 0 Å². The summed E-state index contributed by atoms with van der Waals surface area (Å²) < 4.78 is 3.59. The number of imidazole rings is 1. The lowest BCUT2D eigenvalue weighted by atomic mass is 10.4. The number of nitrogen functional groups attached to an aromatic ring is 1. The van der Waals surface area contributed by atoms with Gasteiger partial charge in [-0.05, 0) is 13.8 Å². The molecule has 74 valence electrons. The molecule has 2 aromatic rings. The number of nitrogens with zero attached hydrogens (tertiary/aromatic N) is 4. The van der Waals surface area contributed by atoms with Gasteiger partial charge in [0.05, 0.1) is 11.4 Å². The molecule has 0 saturated heterocycles. The molecule has 2 N–H and O–H groups in total. The Morgan fingerprint density at radius 2 is 2.07 bits per heavy atom. The van der Waals surface area contributed by atoms with Crippen LogP contribution in [0.2, 0.25) is 0 Å². The smallest absolute Gasteiger partial charge is 0.183 e. The van der Waals surface area contributed by atoms with Crippen molar-refractivity contribution in [2.45, 2.75) is 13.8 Å². The summed E-state index contributed by atoms with van der Waals surface area (Å²) in [6.07, 6.45) is 3.52. The zero-order valence-corrected chi connectivity index (χ0v) is 8.52. The molecule has 14 heavy (non-hydrogen) atoms. The lowest BCUT2D eigenvalue weighted by Gasteiger charge is -2.01. The van der Waals surface area contributed by atoms with E-state index in [2.05, 4.69) is 10.1 Å². The number of hydrogen-bond acceptors (Lipinski definition) is 3. The summed E-state index contributed by atoms with van der Waals surface area (Å²) in [5, 5.41) is 4.27. The first-order valence-electron chi connectivity index (χ1n) is 4.39. The molecule has 0 fully saturated rings. The number of hydrogen-bond donors (Lipinski definition) is 1. The highest BCUT2D eigenvalue weighted by Gasteiger charge is 2.10. The van der Waals surface area contributed by atoms with Crippen LogP contribution in [0.3, 0.4) is 0 Å². The van der Waals surface area contributed by atoms with Crippen LogP contribution in [0.15, 0.2) is 12.5 Å². The monoisotopic (exact) mass is 191 g/mol. The molecule has 5 nitrogen and oxygen atoms in total. The van der Waals surface area contributed by atoms with Crippen LogP contribution in [0.25, 0.3) is 5.82 Å². The first-order chi connectivity index (χ1) is 6.59. The molecule has 0 amide bonds. The first-order valence-corrected chi connectivity index (χ1v) is 4.39. The maximum atomic E-state index is 5.82. The summed E-state index contributed by atoms with van der Waals surface area (Å²) in [6, 6.07) is 0. The minimum absolute atomic E-state index is 0.660. The van der Waals surface area contributed by atoms with Gasteiger partial charge < -0.3 is 5.73 Å². The van der Waals surface area contributed by atoms with Gasteiger partial charge in [0.25, 0.3) is 0 Å². The van der Waals surface area contributed by atoms with Crippen LogP contribution in [-0.2, 0) is 7.05 Å². The number of anilines is 1. The normalized spacial score (nSPS) is 10.8. The summed E-state index contributed by atoms with van der Waals surface area (Å²) in [7, 11) is 1.85. The molecule has 0 aromatic carbocycles. The Balaban J connectivity index is 2.59. The molecule has 0 aliphatic carbocycles. The Bertz CT molecular complexity index is 466. The van der Waals surface area contributed by atoms with E-state index in [4.69, 9.17) is 5.73 Å². The van der Waals surface area contributed by atoms with E-state index in [1.165, 1.54) is 0 Å². The number of nitrogens with two attached hydrogens (primary N) is 1. The Kier molecular flexibility index (Phi) is 1.80. The number of rotatable bonds is 1. The van der Waals surface area contributed by atoms with Crippen molar-refractivity contribution in [2.24, 2.45) is 7.05 Å². The van der Waals surface area contributed by atoms with Gasteiger partial charge in [0.1, 0.15) is 6.33 Å². The van der Waals surface area contributed by atoms with E-state index in [1.807, 2.05) is 25.5 Å². The van der Waals surface area contributed by atoms with E-state index in [-0.39, 0.29) is 0 Å². The summed E-state index contributed by atoms with van der Waals surface area (Å²) in [6.45, 7) is 3.96. The molecular formula is C9H13N5. The van der Waals surface area contributed by atoms with Crippen molar-refractivity contribution >= 4 is 5.69 Å². The van der Waals surface area contributed by atoms with Crippen LogP contribution in [0, 0.1) is 13.8 Å². The van der Waals surface area contributed by atoms with Gasteiger partial charge in [-0.1, -0.05) is 0 Å². The highest BCUT2D eigenvalue weighted by molar-refractivity contribution is 5.52. The third kappa shape index (κ3) is 1.17. The summed E-state index contributed by atoms with van der Waals surface area (Å²) >= 11 is 0. The maximum absolute atomic E-state index is 5.82. The van der Waals surface area contributed by atoms with Crippen LogP contribution in [0.1, 0.15) is 11.4 Å². The van der Waals surface area contributed by atoms with Crippen LogP contribution in [0.5, 0.6) is 0 Å². The molecule has 0 saturated carbocycles. The molecule has 0 spiro atoms. The minimum atomic E-state index is 0.660. The molecular weight excluding hydrogens is 178 g/mol. The SMILES string of the molecule is Cc1ncn(-c2nn(C)cc2N)c1C. The Morgan fingerprint density at radius 3 is 2.50 bits per heavy atom. The molecule has 0 aliphatic rings. The zero-order valence-electron chi connectivity index (χ0n) is 8.52. The molecule has 5 heteroatoms. The average molecular weight is 191 g/mol. The third-order valence-electron chi connectivity index (χ3n) is 2.32. The van der Waals surface area contributed by atoms with Crippen molar-refractivity contribution in [1.82, 2.24) is 19.3 Å². The van der Waals surface area contributed by atoms with Gasteiger partial charge in [0.15, 0.2) is 5.82 Å². The topological polar surface area (TPSA) is 61.7 Å². The quantitative estimate of drug-likeness (QED) is 0.725. The molecule has 2 aromatic heterocycles. The second-order valence-electron chi connectivity index (χ2n) is 3.37. The molecule has 0 unspecified atom stereocenters. The Morgan fingerprint density at radius 1 is 1.36 bits per heavy atom.